The molecule has 0 aliphatic carbocycles. The predicted octanol–water partition coefficient (Wildman–Crippen LogP) is 0.589. The second-order valence-electron chi connectivity index (χ2n) is 4.81. The van der Waals surface area contributed by atoms with Crippen LogP contribution in [0.3, 0.4) is 0 Å². The molecule has 5 nitrogen and oxygen atoms in total. The van der Waals surface area contributed by atoms with Crippen LogP contribution in [0.25, 0.3) is 0 Å². The minimum Gasteiger partial charge on any atom is -0.394 e. The lowest BCUT2D eigenvalue weighted by molar-refractivity contribution is -0.144. The fourth-order valence-corrected chi connectivity index (χ4v) is 2.33. The third-order valence-electron chi connectivity index (χ3n) is 3.46. The first-order valence-corrected chi connectivity index (χ1v) is 6.69. The van der Waals surface area contributed by atoms with Crippen LogP contribution in [-0.4, -0.2) is 48.3 Å². The molecule has 20 heavy (non-hydrogen) atoms. The van der Waals surface area contributed by atoms with Crippen LogP contribution in [0.15, 0.2) is 30.3 Å². The highest BCUT2D eigenvalue weighted by molar-refractivity contribution is 5.82. The van der Waals surface area contributed by atoms with Gasteiger partial charge in [0, 0.05) is 6.54 Å². The van der Waals surface area contributed by atoms with Crippen LogP contribution < -0.4 is 0 Å². The van der Waals surface area contributed by atoms with Crippen molar-refractivity contribution in [2.75, 3.05) is 26.4 Å². The molecule has 2 rings (SSSR count). The number of aliphatic hydroxyl groups excluding tert-OH is 1. The normalized spacial score (nSPS) is 20.2. The Morgan fingerprint density at radius 3 is 2.90 bits per heavy atom. The van der Waals surface area contributed by atoms with Crippen LogP contribution in [0, 0.1) is 17.2 Å². The van der Waals surface area contributed by atoms with E-state index in [1.54, 1.807) is 4.90 Å². The molecule has 0 radical (unpaired) electrons. The number of nitrogens with zero attached hydrogens (tertiary/aromatic N) is 2. The van der Waals surface area contributed by atoms with Gasteiger partial charge in [-0.15, -0.1) is 0 Å². The van der Waals surface area contributed by atoms with Crippen molar-refractivity contribution >= 4 is 5.91 Å². The smallest absolute Gasteiger partial charge is 0.240 e. The van der Waals surface area contributed by atoms with Crippen LogP contribution >= 0.6 is 0 Å². The highest BCUT2D eigenvalue weighted by Gasteiger charge is 2.31. The minimum atomic E-state index is -0.718. The molecule has 106 valence electrons. The molecule has 1 aliphatic rings. The quantitative estimate of drug-likeness (QED) is 0.872. The first kappa shape index (κ1) is 14.5. The van der Waals surface area contributed by atoms with Gasteiger partial charge in [-0.05, 0) is 12.0 Å². The molecule has 2 unspecified atom stereocenters. The fourth-order valence-electron chi connectivity index (χ4n) is 2.33. The molecule has 1 saturated heterocycles. The van der Waals surface area contributed by atoms with Gasteiger partial charge in [-0.3, -0.25) is 4.79 Å². The highest BCUT2D eigenvalue weighted by atomic mass is 16.5. The van der Waals surface area contributed by atoms with Gasteiger partial charge in [-0.25, -0.2) is 0 Å². The Bertz CT molecular complexity index is 484. The lowest BCUT2D eigenvalue weighted by Gasteiger charge is -2.35. The molecule has 5 heteroatoms. The van der Waals surface area contributed by atoms with E-state index in [9.17, 15) is 15.2 Å². The molecule has 1 heterocycles. The molecular weight excluding hydrogens is 256 g/mol. The van der Waals surface area contributed by atoms with E-state index >= 15 is 0 Å². The molecule has 1 N–H and O–H groups in total. The summed E-state index contributed by atoms with van der Waals surface area (Å²) in [6, 6.07) is 11.2. The molecule has 0 aromatic heterocycles. The van der Waals surface area contributed by atoms with Crippen LogP contribution in [0.1, 0.15) is 5.56 Å². The van der Waals surface area contributed by atoms with Crippen LogP contribution in [0.5, 0.6) is 0 Å². The summed E-state index contributed by atoms with van der Waals surface area (Å²) in [4.78, 5) is 14.0. The van der Waals surface area contributed by atoms with E-state index in [0.717, 1.165) is 5.56 Å². The lowest BCUT2D eigenvalue weighted by Crippen LogP contribution is -2.52. The number of carbonyl (C=O) groups is 1. The van der Waals surface area contributed by atoms with Gasteiger partial charge in [-0.1, -0.05) is 30.3 Å². The highest BCUT2D eigenvalue weighted by Crippen LogP contribution is 2.15. The van der Waals surface area contributed by atoms with Crippen molar-refractivity contribution in [3.05, 3.63) is 35.9 Å². The molecule has 1 aliphatic heterocycles. The number of hydrogen-bond acceptors (Lipinski definition) is 4. The van der Waals surface area contributed by atoms with Crippen LogP contribution in [0.2, 0.25) is 0 Å². The Kier molecular flexibility index (Phi) is 5.10. The van der Waals surface area contributed by atoms with E-state index in [1.165, 1.54) is 0 Å². The number of morpholine rings is 1. The predicted molar refractivity (Wildman–Crippen MR) is 72.7 cm³/mol. The third-order valence-corrected chi connectivity index (χ3v) is 3.46. The Balaban J connectivity index is 2.07. The van der Waals surface area contributed by atoms with Gasteiger partial charge in [-0.2, -0.15) is 5.26 Å². The molecular formula is C15H18N2O3. The molecule has 0 bridgehead atoms. The zero-order chi connectivity index (χ0) is 14.4. The molecule has 1 aromatic carbocycles. The average molecular weight is 274 g/mol. The van der Waals surface area contributed by atoms with Gasteiger partial charge in [0.1, 0.15) is 5.92 Å². The summed E-state index contributed by atoms with van der Waals surface area (Å²) in [5.41, 5.74) is 0.959. The first-order valence-electron chi connectivity index (χ1n) is 6.69. The SMILES string of the molecule is N#CC(Cc1ccccc1)C(=O)N1CCOCC1CO. The molecule has 1 amide bonds. The average Bonchev–Trinajstić information content (AvgIpc) is 2.53. The van der Waals surface area contributed by atoms with E-state index in [4.69, 9.17) is 4.74 Å². The Labute approximate surface area is 118 Å². The number of rotatable bonds is 4. The van der Waals surface area contributed by atoms with Gasteiger partial charge >= 0.3 is 0 Å². The number of aliphatic hydroxyl groups is 1. The lowest BCUT2D eigenvalue weighted by atomic mass is 9.98. The second-order valence-corrected chi connectivity index (χ2v) is 4.81. The molecule has 0 saturated carbocycles. The Morgan fingerprint density at radius 2 is 2.25 bits per heavy atom. The summed E-state index contributed by atoms with van der Waals surface area (Å²) in [5.74, 6) is -0.941. The minimum absolute atomic E-state index is 0.144. The number of amides is 1. The zero-order valence-corrected chi connectivity index (χ0v) is 11.2. The van der Waals surface area contributed by atoms with Gasteiger partial charge < -0.3 is 14.7 Å². The summed E-state index contributed by atoms with van der Waals surface area (Å²) in [6.45, 7) is 1.06. The van der Waals surface area contributed by atoms with E-state index in [-0.39, 0.29) is 18.6 Å². The number of hydrogen-bond donors (Lipinski definition) is 1. The van der Waals surface area contributed by atoms with Gasteiger partial charge in [0.05, 0.1) is 31.9 Å². The molecule has 1 fully saturated rings. The number of benzene rings is 1. The third kappa shape index (κ3) is 3.35. The summed E-state index contributed by atoms with van der Waals surface area (Å²) in [6.07, 6.45) is 0.395. The zero-order valence-electron chi connectivity index (χ0n) is 11.2. The Morgan fingerprint density at radius 1 is 1.50 bits per heavy atom. The van der Waals surface area contributed by atoms with Crippen molar-refractivity contribution in [3.63, 3.8) is 0 Å². The summed E-state index contributed by atoms with van der Waals surface area (Å²) in [7, 11) is 0. The number of ether oxygens (including phenoxy) is 1. The molecule has 2 atom stereocenters. The fraction of sp³-hybridized carbons (Fsp3) is 0.467. The maximum Gasteiger partial charge on any atom is 0.240 e. The largest absolute Gasteiger partial charge is 0.394 e. The van der Waals surface area contributed by atoms with Crippen molar-refractivity contribution in [1.29, 1.82) is 5.26 Å². The number of nitriles is 1. The van der Waals surface area contributed by atoms with Crippen LogP contribution in [0.4, 0.5) is 0 Å². The van der Waals surface area contributed by atoms with E-state index in [0.29, 0.717) is 26.2 Å². The molecule has 1 aromatic rings. The van der Waals surface area contributed by atoms with Crippen molar-refractivity contribution in [2.45, 2.75) is 12.5 Å². The topological polar surface area (TPSA) is 73.6 Å². The maximum absolute atomic E-state index is 12.4. The molecule has 0 spiro atoms. The van der Waals surface area contributed by atoms with E-state index in [1.807, 2.05) is 30.3 Å². The van der Waals surface area contributed by atoms with Crippen molar-refractivity contribution in [2.24, 2.45) is 5.92 Å². The first-order chi connectivity index (χ1) is 9.76. The number of carbonyl (C=O) groups excluding carboxylic acids is 1. The summed E-state index contributed by atoms with van der Waals surface area (Å²) < 4.78 is 5.25. The summed E-state index contributed by atoms with van der Waals surface area (Å²) in [5, 5.41) is 18.6. The van der Waals surface area contributed by atoms with Crippen molar-refractivity contribution < 1.29 is 14.6 Å². The second kappa shape index (κ2) is 7.04. The Hall–Kier alpha value is -1.90. The van der Waals surface area contributed by atoms with Crippen molar-refractivity contribution in [1.82, 2.24) is 4.90 Å². The van der Waals surface area contributed by atoms with Crippen molar-refractivity contribution in [3.8, 4) is 6.07 Å². The standard InChI is InChI=1S/C15H18N2O3/c16-9-13(8-12-4-2-1-3-5-12)15(19)17-6-7-20-11-14(17)10-18/h1-5,13-14,18H,6-8,10-11H2. The van der Waals surface area contributed by atoms with E-state index < -0.39 is 5.92 Å². The summed E-state index contributed by atoms with van der Waals surface area (Å²) >= 11 is 0. The van der Waals surface area contributed by atoms with E-state index in [2.05, 4.69) is 6.07 Å². The van der Waals surface area contributed by atoms with Crippen LogP contribution in [-0.2, 0) is 16.0 Å². The van der Waals surface area contributed by atoms with Gasteiger partial charge in [0.25, 0.3) is 0 Å². The monoisotopic (exact) mass is 274 g/mol. The van der Waals surface area contributed by atoms with Gasteiger partial charge in [0.2, 0.25) is 5.91 Å². The maximum atomic E-state index is 12.4. The van der Waals surface area contributed by atoms with Gasteiger partial charge in [0.15, 0.2) is 0 Å².